The van der Waals surface area contributed by atoms with E-state index in [9.17, 15) is 9.18 Å². The van der Waals surface area contributed by atoms with Crippen molar-refractivity contribution in [2.45, 2.75) is 12.5 Å². The standard InChI is InChI=1S/C20H17BrFN5O/c21-10-1-3-14-13(7-10)18(24-12-5-6-23-9-12)17(20(28)27-14)19-25-15-4-2-11(22)8-16(15)26-19/h1-4,7-8,12,23H,5-6,9H2,(H,25,26)(H2,24,27,28)/t12-/m1/s1. The lowest BCUT2D eigenvalue weighted by Gasteiger charge is -2.18. The van der Waals surface area contributed by atoms with Crippen LogP contribution in [0.5, 0.6) is 0 Å². The third-order valence-electron chi connectivity index (χ3n) is 5.07. The fraction of sp³-hybridized carbons (Fsp3) is 0.200. The van der Waals surface area contributed by atoms with Gasteiger partial charge in [-0.1, -0.05) is 15.9 Å². The van der Waals surface area contributed by atoms with Gasteiger partial charge >= 0.3 is 0 Å². The van der Waals surface area contributed by atoms with Crippen molar-refractivity contribution in [3.8, 4) is 11.4 Å². The number of aromatic amines is 2. The van der Waals surface area contributed by atoms with E-state index in [0.717, 1.165) is 40.6 Å². The molecule has 0 aliphatic carbocycles. The summed E-state index contributed by atoms with van der Waals surface area (Å²) < 4.78 is 14.5. The van der Waals surface area contributed by atoms with Gasteiger partial charge in [-0.15, -0.1) is 0 Å². The molecule has 2 aromatic carbocycles. The predicted molar refractivity (Wildman–Crippen MR) is 112 cm³/mol. The number of rotatable bonds is 3. The third-order valence-corrected chi connectivity index (χ3v) is 5.56. The number of nitrogens with one attached hydrogen (secondary N) is 4. The summed E-state index contributed by atoms with van der Waals surface area (Å²) in [5.74, 6) is 0.0617. The molecule has 1 atom stereocenters. The lowest BCUT2D eigenvalue weighted by Crippen LogP contribution is -2.24. The number of imidazole rings is 1. The molecular formula is C20H17BrFN5O. The molecule has 4 N–H and O–H groups in total. The van der Waals surface area contributed by atoms with Crippen LogP contribution in [0.3, 0.4) is 0 Å². The molecule has 5 rings (SSSR count). The molecule has 0 unspecified atom stereocenters. The van der Waals surface area contributed by atoms with Crippen LogP contribution in [0.2, 0.25) is 0 Å². The van der Waals surface area contributed by atoms with Crippen LogP contribution in [-0.4, -0.2) is 34.1 Å². The van der Waals surface area contributed by atoms with Gasteiger partial charge in [0.05, 0.1) is 22.2 Å². The SMILES string of the molecule is O=c1[nH]c2ccc(Br)cc2c(N[C@@H]2CCNC2)c1-c1nc2ccc(F)cc2[nH]1. The minimum absolute atomic E-state index is 0.213. The number of pyridine rings is 1. The average Bonchev–Trinajstić information content (AvgIpc) is 3.31. The van der Waals surface area contributed by atoms with E-state index < -0.39 is 0 Å². The van der Waals surface area contributed by atoms with Crippen molar-refractivity contribution < 1.29 is 4.39 Å². The van der Waals surface area contributed by atoms with Crippen molar-refractivity contribution in [3.05, 3.63) is 57.0 Å². The second kappa shape index (κ2) is 6.72. The van der Waals surface area contributed by atoms with Crippen molar-refractivity contribution in [2.24, 2.45) is 0 Å². The molecule has 1 aliphatic rings. The summed E-state index contributed by atoms with van der Waals surface area (Å²) in [7, 11) is 0. The highest BCUT2D eigenvalue weighted by molar-refractivity contribution is 9.10. The number of fused-ring (bicyclic) bond motifs is 2. The molecule has 1 aliphatic heterocycles. The Morgan fingerprint density at radius 1 is 1.14 bits per heavy atom. The number of hydrogen-bond donors (Lipinski definition) is 4. The van der Waals surface area contributed by atoms with E-state index in [1.54, 1.807) is 6.07 Å². The molecule has 0 amide bonds. The van der Waals surface area contributed by atoms with E-state index in [1.165, 1.54) is 12.1 Å². The molecule has 3 heterocycles. The average molecular weight is 442 g/mol. The summed E-state index contributed by atoms with van der Waals surface area (Å²) in [6, 6.07) is 10.3. The Bertz CT molecular complexity index is 1260. The zero-order valence-corrected chi connectivity index (χ0v) is 16.4. The first kappa shape index (κ1) is 17.4. The van der Waals surface area contributed by atoms with Crippen LogP contribution < -0.4 is 16.2 Å². The first-order valence-electron chi connectivity index (χ1n) is 9.07. The Balaban J connectivity index is 1.77. The molecule has 0 spiro atoms. The molecule has 8 heteroatoms. The predicted octanol–water partition coefficient (Wildman–Crippen LogP) is 3.75. The summed E-state index contributed by atoms with van der Waals surface area (Å²) in [5, 5.41) is 7.76. The quantitative estimate of drug-likeness (QED) is 0.390. The van der Waals surface area contributed by atoms with Crippen molar-refractivity contribution in [3.63, 3.8) is 0 Å². The summed E-state index contributed by atoms with van der Waals surface area (Å²) in [5.41, 5.74) is 2.81. The van der Waals surface area contributed by atoms with Crippen molar-refractivity contribution >= 4 is 43.6 Å². The van der Waals surface area contributed by atoms with E-state index in [4.69, 9.17) is 0 Å². The van der Waals surface area contributed by atoms with Gasteiger partial charge in [-0.05, 0) is 49.4 Å². The molecule has 1 saturated heterocycles. The van der Waals surface area contributed by atoms with Crippen molar-refractivity contribution in [1.29, 1.82) is 0 Å². The van der Waals surface area contributed by atoms with Crippen LogP contribution >= 0.6 is 15.9 Å². The zero-order valence-electron chi connectivity index (χ0n) is 14.8. The van der Waals surface area contributed by atoms with Gasteiger partial charge in [-0.3, -0.25) is 4.79 Å². The number of halogens is 2. The van der Waals surface area contributed by atoms with E-state index >= 15 is 0 Å². The summed E-state index contributed by atoms with van der Waals surface area (Å²) >= 11 is 3.52. The van der Waals surface area contributed by atoms with E-state index in [0.29, 0.717) is 22.4 Å². The smallest absolute Gasteiger partial charge is 0.261 e. The maximum Gasteiger partial charge on any atom is 0.261 e. The molecule has 0 saturated carbocycles. The third kappa shape index (κ3) is 2.98. The highest BCUT2D eigenvalue weighted by atomic mass is 79.9. The minimum atomic E-state index is -0.352. The number of anilines is 1. The van der Waals surface area contributed by atoms with Crippen LogP contribution in [0.15, 0.2) is 45.7 Å². The number of aromatic nitrogens is 3. The maximum atomic E-state index is 13.6. The normalized spacial score (nSPS) is 16.9. The van der Waals surface area contributed by atoms with Gasteiger partial charge in [0.15, 0.2) is 0 Å². The summed E-state index contributed by atoms with van der Waals surface area (Å²) in [6.07, 6.45) is 0.965. The largest absolute Gasteiger partial charge is 0.380 e. The van der Waals surface area contributed by atoms with E-state index in [2.05, 4.69) is 41.5 Å². The fourth-order valence-corrected chi connectivity index (χ4v) is 4.08. The molecular weight excluding hydrogens is 425 g/mol. The van der Waals surface area contributed by atoms with E-state index in [1.807, 2.05) is 18.2 Å². The Morgan fingerprint density at radius 3 is 2.86 bits per heavy atom. The second-order valence-electron chi connectivity index (χ2n) is 6.97. The Labute approximate surface area is 167 Å². The lowest BCUT2D eigenvalue weighted by molar-refractivity contribution is 0.629. The molecule has 2 aromatic heterocycles. The topological polar surface area (TPSA) is 85.6 Å². The molecule has 0 bridgehead atoms. The first-order valence-corrected chi connectivity index (χ1v) is 9.86. The highest BCUT2D eigenvalue weighted by Crippen LogP contribution is 2.33. The van der Waals surface area contributed by atoms with Crippen molar-refractivity contribution in [2.75, 3.05) is 18.4 Å². The van der Waals surface area contributed by atoms with Crippen LogP contribution in [0.25, 0.3) is 33.3 Å². The molecule has 0 radical (unpaired) electrons. The van der Waals surface area contributed by atoms with Crippen LogP contribution in [0.1, 0.15) is 6.42 Å². The van der Waals surface area contributed by atoms with Gasteiger partial charge < -0.3 is 20.6 Å². The highest BCUT2D eigenvalue weighted by Gasteiger charge is 2.22. The molecule has 28 heavy (non-hydrogen) atoms. The molecule has 142 valence electrons. The summed E-state index contributed by atoms with van der Waals surface area (Å²) in [6.45, 7) is 1.76. The maximum absolute atomic E-state index is 13.6. The van der Waals surface area contributed by atoms with Crippen LogP contribution in [0, 0.1) is 5.82 Å². The fourth-order valence-electron chi connectivity index (χ4n) is 3.72. The van der Waals surface area contributed by atoms with Gasteiger partial charge in [0.1, 0.15) is 17.2 Å². The lowest BCUT2D eigenvalue weighted by atomic mass is 10.1. The number of nitrogens with zero attached hydrogens (tertiary/aromatic N) is 1. The Hall–Kier alpha value is -2.71. The second-order valence-corrected chi connectivity index (χ2v) is 7.89. The zero-order chi connectivity index (χ0) is 19.3. The van der Waals surface area contributed by atoms with Crippen LogP contribution in [-0.2, 0) is 0 Å². The summed E-state index contributed by atoms with van der Waals surface area (Å²) in [4.78, 5) is 23.6. The molecule has 6 nitrogen and oxygen atoms in total. The number of hydrogen-bond acceptors (Lipinski definition) is 4. The van der Waals surface area contributed by atoms with Crippen LogP contribution in [0.4, 0.5) is 10.1 Å². The minimum Gasteiger partial charge on any atom is -0.380 e. The van der Waals surface area contributed by atoms with Crippen molar-refractivity contribution in [1.82, 2.24) is 20.3 Å². The van der Waals surface area contributed by atoms with Gasteiger partial charge in [0.2, 0.25) is 0 Å². The van der Waals surface area contributed by atoms with E-state index in [-0.39, 0.29) is 17.4 Å². The van der Waals surface area contributed by atoms with Gasteiger partial charge in [-0.25, -0.2) is 9.37 Å². The monoisotopic (exact) mass is 441 g/mol. The Morgan fingerprint density at radius 2 is 2.04 bits per heavy atom. The number of H-pyrrole nitrogens is 2. The Kier molecular flexibility index (Phi) is 4.17. The van der Waals surface area contributed by atoms with Gasteiger partial charge in [0, 0.05) is 22.4 Å². The molecule has 4 aromatic rings. The molecule has 1 fully saturated rings. The van der Waals surface area contributed by atoms with Gasteiger partial charge in [-0.2, -0.15) is 0 Å². The van der Waals surface area contributed by atoms with Gasteiger partial charge in [0.25, 0.3) is 5.56 Å². The number of benzene rings is 2. The first-order chi connectivity index (χ1) is 13.6.